The zero-order valence-corrected chi connectivity index (χ0v) is 13.8. The van der Waals surface area contributed by atoms with E-state index in [9.17, 15) is 4.79 Å². The zero-order valence-electron chi connectivity index (χ0n) is 11.4. The average molecular weight is 367 g/mol. The van der Waals surface area contributed by atoms with Gasteiger partial charge in [-0.3, -0.25) is 4.79 Å². The lowest BCUT2D eigenvalue weighted by Crippen LogP contribution is -2.15. The number of hydrogen-bond acceptors (Lipinski definition) is 4. The summed E-state index contributed by atoms with van der Waals surface area (Å²) < 4.78 is 6.09. The Kier molecular flexibility index (Phi) is 5.52. The molecule has 3 N–H and O–H groups in total. The fourth-order valence-corrected chi connectivity index (χ4v) is 2.61. The number of nitrogens with one attached hydrogen (secondary N) is 1. The van der Waals surface area contributed by atoms with Crippen LogP contribution in [0.15, 0.2) is 51.8 Å². The number of thioether (sulfide) groups is 1. The number of benzene rings is 2. The summed E-state index contributed by atoms with van der Waals surface area (Å²) in [6.45, 7) is 0. The van der Waals surface area contributed by atoms with Gasteiger partial charge in [0.05, 0.1) is 24.2 Å². The lowest BCUT2D eigenvalue weighted by atomic mass is 10.2. The van der Waals surface area contributed by atoms with Crippen LogP contribution < -0.4 is 15.8 Å². The third kappa shape index (κ3) is 4.68. The average Bonchev–Trinajstić information content (AvgIpc) is 2.48. The number of ether oxygens (including phenoxy) is 1. The highest BCUT2D eigenvalue weighted by molar-refractivity contribution is 9.10. The molecule has 0 unspecified atom stereocenters. The molecule has 0 aliphatic carbocycles. The molecule has 0 saturated heterocycles. The number of anilines is 2. The molecule has 6 heteroatoms. The minimum atomic E-state index is -0.0974. The second-order valence-electron chi connectivity index (χ2n) is 4.24. The maximum absolute atomic E-state index is 11.9. The van der Waals surface area contributed by atoms with E-state index in [1.807, 2.05) is 24.3 Å². The fraction of sp³-hybridized carbons (Fsp3) is 0.133. The normalized spacial score (nSPS) is 10.2. The van der Waals surface area contributed by atoms with Gasteiger partial charge in [-0.05, 0) is 36.4 Å². The van der Waals surface area contributed by atoms with Crippen LogP contribution in [-0.4, -0.2) is 18.8 Å². The van der Waals surface area contributed by atoms with Crippen molar-refractivity contribution in [2.45, 2.75) is 4.90 Å². The fourth-order valence-electron chi connectivity index (χ4n) is 1.65. The van der Waals surface area contributed by atoms with Gasteiger partial charge in [0.1, 0.15) is 5.75 Å². The highest BCUT2D eigenvalue weighted by Crippen LogP contribution is 2.25. The van der Waals surface area contributed by atoms with Crippen molar-refractivity contribution in [1.29, 1.82) is 0 Å². The molecule has 1 amide bonds. The molecule has 2 aromatic carbocycles. The van der Waals surface area contributed by atoms with Crippen LogP contribution in [0.2, 0.25) is 0 Å². The van der Waals surface area contributed by atoms with Crippen LogP contribution in [0.4, 0.5) is 11.4 Å². The van der Waals surface area contributed by atoms with Gasteiger partial charge in [0, 0.05) is 15.4 Å². The standard InChI is InChI=1S/C15H15BrN2O2S/c1-20-11-4-7-14(13(17)8-11)18-15(19)9-21-12-5-2-10(16)3-6-12/h2-8H,9,17H2,1H3,(H,18,19). The van der Waals surface area contributed by atoms with Gasteiger partial charge < -0.3 is 15.8 Å². The summed E-state index contributed by atoms with van der Waals surface area (Å²) >= 11 is 4.85. The van der Waals surface area contributed by atoms with Crippen molar-refractivity contribution in [2.75, 3.05) is 23.9 Å². The molecule has 110 valence electrons. The first-order valence-corrected chi connectivity index (χ1v) is 7.98. The predicted molar refractivity (Wildman–Crippen MR) is 90.9 cm³/mol. The van der Waals surface area contributed by atoms with Crippen LogP contribution >= 0.6 is 27.7 Å². The third-order valence-corrected chi connectivity index (χ3v) is 4.26. The summed E-state index contributed by atoms with van der Waals surface area (Å²) in [5.41, 5.74) is 6.94. The van der Waals surface area contributed by atoms with Crippen LogP contribution in [0.3, 0.4) is 0 Å². The van der Waals surface area contributed by atoms with E-state index >= 15 is 0 Å². The second kappa shape index (κ2) is 7.38. The number of carbonyl (C=O) groups excluding carboxylic acids is 1. The summed E-state index contributed by atoms with van der Waals surface area (Å²) in [6.07, 6.45) is 0. The van der Waals surface area contributed by atoms with E-state index in [1.54, 1.807) is 25.3 Å². The Morgan fingerprint density at radius 2 is 2.00 bits per heavy atom. The number of amides is 1. The largest absolute Gasteiger partial charge is 0.497 e. The summed E-state index contributed by atoms with van der Waals surface area (Å²) in [5.74, 6) is 0.891. The van der Waals surface area contributed by atoms with E-state index in [0.717, 1.165) is 9.37 Å². The van der Waals surface area contributed by atoms with E-state index in [2.05, 4.69) is 21.2 Å². The lowest BCUT2D eigenvalue weighted by molar-refractivity contribution is -0.113. The number of rotatable bonds is 5. The maximum atomic E-state index is 11.9. The van der Waals surface area contributed by atoms with Crippen LogP contribution in [0, 0.1) is 0 Å². The van der Waals surface area contributed by atoms with Gasteiger partial charge in [0.15, 0.2) is 0 Å². The lowest BCUT2D eigenvalue weighted by Gasteiger charge is -2.09. The zero-order chi connectivity index (χ0) is 15.2. The van der Waals surface area contributed by atoms with Gasteiger partial charge in [-0.15, -0.1) is 11.8 Å². The van der Waals surface area contributed by atoms with Crippen molar-refractivity contribution in [3.63, 3.8) is 0 Å². The van der Waals surface area contributed by atoms with Crippen molar-refractivity contribution in [3.05, 3.63) is 46.9 Å². The van der Waals surface area contributed by atoms with Crippen molar-refractivity contribution >= 4 is 45.0 Å². The summed E-state index contributed by atoms with van der Waals surface area (Å²) in [4.78, 5) is 13.0. The molecule has 0 spiro atoms. The topological polar surface area (TPSA) is 64.3 Å². The Bertz CT molecular complexity index is 632. The second-order valence-corrected chi connectivity index (χ2v) is 6.21. The SMILES string of the molecule is COc1ccc(NC(=O)CSc2ccc(Br)cc2)c(N)c1. The van der Waals surface area contributed by atoms with E-state index in [-0.39, 0.29) is 5.91 Å². The van der Waals surface area contributed by atoms with Gasteiger partial charge in [-0.2, -0.15) is 0 Å². The number of nitrogens with two attached hydrogens (primary N) is 1. The summed E-state index contributed by atoms with van der Waals surface area (Å²) in [5, 5.41) is 2.79. The molecule has 21 heavy (non-hydrogen) atoms. The molecule has 0 bridgehead atoms. The Morgan fingerprint density at radius 3 is 2.62 bits per heavy atom. The van der Waals surface area contributed by atoms with Crippen molar-refractivity contribution in [2.24, 2.45) is 0 Å². The highest BCUT2D eigenvalue weighted by atomic mass is 79.9. The van der Waals surface area contributed by atoms with E-state index in [4.69, 9.17) is 10.5 Å². The molecule has 0 atom stereocenters. The Hall–Kier alpha value is -1.66. The van der Waals surface area contributed by atoms with E-state index in [1.165, 1.54) is 11.8 Å². The molecule has 0 saturated carbocycles. The predicted octanol–water partition coefficient (Wildman–Crippen LogP) is 3.77. The third-order valence-electron chi connectivity index (χ3n) is 2.72. The first kappa shape index (κ1) is 15.7. The van der Waals surface area contributed by atoms with E-state index in [0.29, 0.717) is 22.9 Å². The van der Waals surface area contributed by atoms with Crippen LogP contribution in [-0.2, 0) is 4.79 Å². The van der Waals surface area contributed by atoms with Crippen molar-refractivity contribution < 1.29 is 9.53 Å². The highest BCUT2D eigenvalue weighted by Gasteiger charge is 2.07. The monoisotopic (exact) mass is 366 g/mol. The van der Waals surface area contributed by atoms with Crippen LogP contribution in [0.25, 0.3) is 0 Å². The van der Waals surface area contributed by atoms with Gasteiger partial charge >= 0.3 is 0 Å². The molecule has 0 aliphatic rings. The van der Waals surface area contributed by atoms with Crippen molar-refractivity contribution in [1.82, 2.24) is 0 Å². The Morgan fingerprint density at radius 1 is 1.29 bits per heavy atom. The molecule has 0 radical (unpaired) electrons. The molecular weight excluding hydrogens is 352 g/mol. The quantitative estimate of drug-likeness (QED) is 0.624. The smallest absolute Gasteiger partial charge is 0.234 e. The molecule has 2 aromatic rings. The van der Waals surface area contributed by atoms with Crippen LogP contribution in [0.5, 0.6) is 5.75 Å². The van der Waals surface area contributed by atoms with Crippen molar-refractivity contribution in [3.8, 4) is 5.75 Å². The Balaban J connectivity index is 1.91. The van der Waals surface area contributed by atoms with Crippen LogP contribution in [0.1, 0.15) is 0 Å². The Labute approximate surface area is 136 Å². The van der Waals surface area contributed by atoms with Gasteiger partial charge in [-0.25, -0.2) is 0 Å². The minimum Gasteiger partial charge on any atom is -0.497 e. The molecular formula is C15H15BrN2O2S. The number of halogens is 1. The van der Waals surface area contributed by atoms with Gasteiger partial charge in [0.25, 0.3) is 0 Å². The summed E-state index contributed by atoms with van der Waals surface area (Å²) in [6, 6.07) is 13.0. The number of hydrogen-bond donors (Lipinski definition) is 2. The molecule has 4 nitrogen and oxygen atoms in total. The molecule has 0 aromatic heterocycles. The first-order chi connectivity index (χ1) is 10.1. The maximum Gasteiger partial charge on any atom is 0.234 e. The number of carbonyl (C=O) groups is 1. The number of nitrogen functional groups attached to an aromatic ring is 1. The molecule has 0 aliphatic heterocycles. The molecule has 2 rings (SSSR count). The van der Waals surface area contributed by atoms with Gasteiger partial charge in [-0.1, -0.05) is 15.9 Å². The first-order valence-electron chi connectivity index (χ1n) is 6.20. The van der Waals surface area contributed by atoms with E-state index < -0.39 is 0 Å². The molecule has 0 fully saturated rings. The minimum absolute atomic E-state index is 0.0974. The molecule has 0 heterocycles. The summed E-state index contributed by atoms with van der Waals surface area (Å²) in [7, 11) is 1.57. The van der Waals surface area contributed by atoms with Gasteiger partial charge in [0.2, 0.25) is 5.91 Å². The number of methoxy groups -OCH3 is 1.